The molecule has 1 saturated heterocycles. The Hall–Kier alpha value is -2.43. The summed E-state index contributed by atoms with van der Waals surface area (Å²) in [5.41, 5.74) is 1.82. The Labute approximate surface area is 194 Å². The number of hydrogen-bond donors (Lipinski definition) is 0. The van der Waals surface area contributed by atoms with Crippen LogP contribution in [0, 0.1) is 5.82 Å². The first kappa shape index (κ1) is 22.8. The SMILES string of the molecule is CC(c1cc(Cl)cc2ccccc12)N(C)C(=O)CC1(c2ccc(F)cc2)CCN(C)CC1. The van der Waals surface area contributed by atoms with E-state index in [9.17, 15) is 9.18 Å². The molecule has 3 aromatic carbocycles. The Morgan fingerprint density at radius 2 is 1.78 bits per heavy atom. The zero-order chi connectivity index (χ0) is 22.9. The van der Waals surface area contributed by atoms with Crippen LogP contribution in [0.1, 0.15) is 43.4 Å². The molecule has 5 heteroatoms. The van der Waals surface area contributed by atoms with E-state index >= 15 is 0 Å². The molecule has 1 aliphatic rings. The molecule has 0 radical (unpaired) electrons. The lowest BCUT2D eigenvalue weighted by atomic mass is 9.70. The van der Waals surface area contributed by atoms with Gasteiger partial charge in [-0.15, -0.1) is 0 Å². The van der Waals surface area contributed by atoms with Crippen molar-refractivity contribution in [1.82, 2.24) is 9.80 Å². The summed E-state index contributed by atoms with van der Waals surface area (Å²) in [5, 5.41) is 2.85. The van der Waals surface area contributed by atoms with Gasteiger partial charge in [-0.3, -0.25) is 4.79 Å². The van der Waals surface area contributed by atoms with E-state index in [0.29, 0.717) is 11.4 Å². The van der Waals surface area contributed by atoms with Gasteiger partial charge in [-0.2, -0.15) is 0 Å². The number of rotatable bonds is 5. The van der Waals surface area contributed by atoms with Crippen LogP contribution in [0.5, 0.6) is 0 Å². The molecule has 1 aliphatic heterocycles. The Morgan fingerprint density at radius 3 is 2.47 bits per heavy atom. The van der Waals surface area contributed by atoms with Gasteiger partial charge < -0.3 is 9.80 Å². The van der Waals surface area contributed by atoms with Crippen LogP contribution < -0.4 is 0 Å². The highest BCUT2D eigenvalue weighted by atomic mass is 35.5. The van der Waals surface area contributed by atoms with Crippen molar-refractivity contribution in [2.75, 3.05) is 27.2 Å². The normalized spacial score (nSPS) is 17.3. The summed E-state index contributed by atoms with van der Waals surface area (Å²) in [6.07, 6.45) is 2.16. The Balaban J connectivity index is 1.62. The minimum absolute atomic E-state index is 0.0930. The van der Waals surface area contributed by atoms with Crippen LogP contribution in [0.15, 0.2) is 60.7 Å². The van der Waals surface area contributed by atoms with Crippen molar-refractivity contribution in [3.05, 3.63) is 82.6 Å². The third-order valence-electron chi connectivity index (χ3n) is 7.17. The summed E-state index contributed by atoms with van der Waals surface area (Å²) in [5.74, 6) is -0.155. The van der Waals surface area contributed by atoms with E-state index in [1.165, 1.54) is 12.1 Å². The number of carbonyl (C=O) groups is 1. The van der Waals surface area contributed by atoms with Gasteiger partial charge in [0.05, 0.1) is 6.04 Å². The van der Waals surface area contributed by atoms with Gasteiger partial charge in [0.2, 0.25) is 5.91 Å². The number of amides is 1. The van der Waals surface area contributed by atoms with Gasteiger partial charge in [0.15, 0.2) is 0 Å². The molecule has 1 heterocycles. The fraction of sp³-hybridized carbons (Fsp3) is 0.370. The highest BCUT2D eigenvalue weighted by Gasteiger charge is 2.38. The molecule has 0 saturated carbocycles. The molecule has 168 valence electrons. The number of likely N-dealkylation sites (tertiary alicyclic amines) is 1. The maximum Gasteiger partial charge on any atom is 0.223 e. The Bertz CT molecular complexity index is 1110. The molecule has 0 N–H and O–H groups in total. The molecule has 0 bridgehead atoms. The second-order valence-corrected chi connectivity index (χ2v) is 9.60. The zero-order valence-corrected chi connectivity index (χ0v) is 19.7. The first-order valence-electron chi connectivity index (χ1n) is 11.2. The van der Waals surface area contributed by atoms with Crippen molar-refractivity contribution in [2.45, 2.75) is 37.6 Å². The molecule has 1 unspecified atom stereocenters. The van der Waals surface area contributed by atoms with Gasteiger partial charge in [0, 0.05) is 23.9 Å². The molecule has 4 rings (SSSR count). The number of fused-ring (bicyclic) bond motifs is 1. The molecule has 3 aromatic rings. The quantitative estimate of drug-likeness (QED) is 0.459. The van der Waals surface area contributed by atoms with Crippen LogP contribution in [0.25, 0.3) is 10.8 Å². The average Bonchev–Trinajstić information content (AvgIpc) is 2.79. The predicted molar refractivity (Wildman–Crippen MR) is 130 cm³/mol. The monoisotopic (exact) mass is 452 g/mol. The summed E-state index contributed by atoms with van der Waals surface area (Å²) in [4.78, 5) is 17.7. The summed E-state index contributed by atoms with van der Waals surface area (Å²) in [6, 6.07) is 18.6. The molecular weight excluding hydrogens is 423 g/mol. The highest BCUT2D eigenvalue weighted by molar-refractivity contribution is 6.31. The van der Waals surface area contributed by atoms with Gasteiger partial charge in [0.25, 0.3) is 0 Å². The van der Waals surface area contributed by atoms with E-state index in [2.05, 4.69) is 24.9 Å². The van der Waals surface area contributed by atoms with E-state index in [4.69, 9.17) is 11.6 Å². The van der Waals surface area contributed by atoms with Crippen LogP contribution in [-0.2, 0) is 10.2 Å². The summed E-state index contributed by atoms with van der Waals surface area (Å²) < 4.78 is 13.6. The smallest absolute Gasteiger partial charge is 0.223 e. The van der Waals surface area contributed by atoms with Gasteiger partial charge in [-0.05, 0) is 86.1 Å². The fourth-order valence-electron chi connectivity index (χ4n) is 4.90. The largest absolute Gasteiger partial charge is 0.339 e. The molecule has 1 atom stereocenters. The molecule has 3 nitrogen and oxygen atoms in total. The Morgan fingerprint density at radius 1 is 1.12 bits per heavy atom. The number of piperidine rings is 1. The van der Waals surface area contributed by atoms with E-state index in [1.54, 1.807) is 0 Å². The lowest BCUT2D eigenvalue weighted by Gasteiger charge is -2.42. The predicted octanol–water partition coefficient (Wildman–Crippen LogP) is 6.21. The highest BCUT2D eigenvalue weighted by Crippen LogP contribution is 2.40. The molecule has 32 heavy (non-hydrogen) atoms. The molecular formula is C27H30ClFN2O. The second kappa shape index (κ2) is 9.21. The summed E-state index contributed by atoms with van der Waals surface area (Å²) >= 11 is 6.40. The van der Waals surface area contributed by atoms with E-state index < -0.39 is 0 Å². The van der Waals surface area contributed by atoms with E-state index in [0.717, 1.165) is 47.8 Å². The molecule has 0 aliphatic carbocycles. The van der Waals surface area contributed by atoms with Crippen LogP contribution in [0.4, 0.5) is 4.39 Å². The zero-order valence-electron chi connectivity index (χ0n) is 18.9. The van der Waals surface area contributed by atoms with E-state index in [1.807, 2.05) is 54.4 Å². The van der Waals surface area contributed by atoms with Gasteiger partial charge in [0.1, 0.15) is 5.82 Å². The number of benzene rings is 3. The molecule has 0 aromatic heterocycles. The number of hydrogen-bond acceptors (Lipinski definition) is 2. The van der Waals surface area contributed by atoms with Gasteiger partial charge >= 0.3 is 0 Å². The topological polar surface area (TPSA) is 23.6 Å². The lowest BCUT2D eigenvalue weighted by Crippen LogP contribution is -2.44. The van der Waals surface area contributed by atoms with Gasteiger partial charge in [-0.25, -0.2) is 4.39 Å². The molecule has 1 fully saturated rings. The van der Waals surface area contributed by atoms with Crippen molar-refractivity contribution in [3.63, 3.8) is 0 Å². The first-order valence-corrected chi connectivity index (χ1v) is 11.6. The van der Waals surface area contributed by atoms with E-state index in [-0.39, 0.29) is 23.2 Å². The van der Waals surface area contributed by atoms with Crippen LogP contribution >= 0.6 is 11.6 Å². The Kier molecular flexibility index (Phi) is 6.55. The van der Waals surface area contributed by atoms with Crippen molar-refractivity contribution < 1.29 is 9.18 Å². The minimum Gasteiger partial charge on any atom is -0.339 e. The van der Waals surface area contributed by atoms with Crippen LogP contribution in [0.2, 0.25) is 5.02 Å². The fourth-order valence-corrected chi connectivity index (χ4v) is 5.14. The van der Waals surface area contributed by atoms with Gasteiger partial charge in [-0.1, -0.05) is 48.0 Å². The first-order chi connectivity index (χ1) is 15.3. The maximum absolute atomic E-state index is 13.6. The van der Waals surface area contributed by atoms with Crippen molar-refractivity contribution in [3.8, 4) is 0 Å². The average molecular weight is 453 g/mol. The van der Waals surface area contributed by atoms with Crippen molar-refractivity contribution in [2.24, 2.45) is 0 Å². The summed E-state index contributed by atoms with van der Waals surface area (Å²) in [6.45, 7) is 3.89. The van der Waals surface area contributed by atoms with Crippen LogP contribution in [0.3, 0.4) is 0 Å². The van der Waals surface area contributed by atoms with Crippen molar-refractivity contribution in [1.29, 1.82) is 0 Å². The van der Waals surface area contributed by atoms with Crippen LogP contribution in [-0.4, -0.2) is 42.9 Å². The summed E-state index contributed by atoms with van der Waals surface area (Å²) in [7, 11) is 3.98. The second-order valence-electron chi connectivity index (χ2n) is 9.16. The molecule has 1 amide bonds. The third kappa shape index (κ3) is 4.53. The van der Waals surface area contributed by atoms with Crippen molar-refractivity contribution >= 4 is 28.3 Å². The standard InChI is InChI=1S/C27H30ClFN2O/c1-19(25-17-22(28)16-20-6-4-5-7-24(20)25)31(3)26(32)18-27(12-14-30(2)15-13-27)21-8-10-23(29)11-9-21/h4-11,16-17,19H,12-15,18H2,1-3H3. The number of nitrogens with zero attached hydrogens (tertiary/aromatic N) is 2. The lowest BCUT2D eigenvalue weighted by molar-refractivity contribution is -0.133. The number of halogens is 2. The maximum atomic E-state index is 13.6. The minimum atomic E-state index is -0.276. The molecule has 0 spiro atoms. The third-order valence-corrected chi connectivity index (χ3v) is 7.39. The number of carbonyl (C=O) groups excluding carboxylic acids is 1.